The molecule has 2 aromatic rings. The zero-order chi connectivity index (χ0) is 25.4. The molecule has 5 rings (SSSR count). The molecule has 2 amide bonds. The van der Waals surface area contributed by atoms with Crippen molar-refractivity contribution in [3.8, 4) is 11.1 Å². The Labute approximate surface area is 211 Å². The lowest BCUT2D eigenvalue weighted by Gasteiger charge is -2.41. The lowest BCUT2D eigenvalue weighted by Crippen LogP contribution is -2.52. The Kier molecular flexibility index (Phi) is 6.78. The highest BCUT2D eigenvalue weighted by Gasteiger charge is 2.36. The zero-order valence-electron chi connectivity index (χ0n) is 20.6. The number of fused-ring (bicyclic) bond motifs is 1. The second kappa shape index (κ2) is 9.85. The summed E-state index contributed by atoms with van der Waals surface area (Å²) in [6.07, 6.45) is 5.66. The molecule has 0 aliphatic carbocycles. The maximum absolute atomic E-state index is 13.3. The van der Waals surface area contributed by atoms with Gasteiger partial charge in [0.25, 0.3) is 0 Å². The molecule has 0 saturated carbocycles. The van der Waals surface area contributed by atoms with Gasteiger partial charge in [0.05, 0.1) is 54.4 Å². The van der Waals surface area contributed by atoms with Gasteiger partial charge >= 0.3 is 6.09 Å². The molecule has 0 N–H and O–H groups in total. The molecule has 2 atom stereocenters. The summed E-state index contributed by atoms with van der Waals surface area (Å²) < 4.78 is 37.1. The van der Waals surface area contributed by atoms with Gasteiger partial charge in [0, 0.05) is 38.1 Å². The highest BCUT2D eigenvalue weighted by molar-refractivity contribution is 7.91. The monoisotopic (exact) mass is 516 g/mol. The van der Waals surface area contributed by atoms with Crippen LogP contribution >= 0.6 is 0 Å². The number of amides is 2. The molecule has 2 fully saturated rings. The van der Waals surface area contributed by atoms with Gasteiger partial charge in [0.2, 0.25) is 5.91 Å². The third-order valence-electron chi connectivity index (χ3n) is 7.16. The first kappa shape index (κ1) is 24.8. The molecular formula is C25H32N4O6S. The third kappa shape index (κ3) is 4.99. The average molecular weight is 517 g/mol. The molecule has 2 saturated heterocycles. The number of nitrogens with zero attached hydrogens (tertiary/aromatic N) is 4. The highest BCUT2D eigenvalue weighted by Crippen LogP contribution is 2.39. The summed E-state index contributed by atoms with van der Waals surface area (Å²) in [7, 11) is -3.06. The van der Waals surface area contributed by atoms with Gasteiger partial charge in [0.1, 0.15) is 6.10 Å². The first-order valence-corrected chi connectivity index (χ1v) is 14.3. The van der Waals surface area contributed by atoms with Crippen LogP contribution in [0.25, 0.3) is 11.1 Å². The Morgan fingerprint density at radius 3 is 2.61 bits per heavy atom. The summed E-state index contributed by atoms with van der Waals surface area (Å²) in [5.41, 5.74) is 2.89. The Balaban J connectivity index is 1.45. The van der Waals surface area contributed by atoms with Crippen molar-refractivity contribution in [2.24, 2.45) is 0 Å². The van der Waals surface area contributed by atoms with Crippen molar-refractivity contribution in [3.63, 3.8) is 0 Å². The quantitative estimate of drug-likeness (QED) is 0.616. The van der Waals surface area contributed by atoms with Gasteiger partial charge in [-0.3, -0.25) is 14.4 Å². The van der Waals surface area contributed by atoms with Crippen LogP contribution < -0.4 is 9.80 Å². The molecular weight excluding hydrogens is 484 g/mol. The first-order chi connectivity index (χ1) is 17.2. The van der Waals surface area contributed by atoms with Gasteiger partial charge in [-0.25, -0.2) is 13.2 Å². The van der Waals surface area contributed by atoms with Crippen molar-refractivity contribution in [2.45, 2.75) is 57.7 Å². The largest absolute Gasteiger partial charge is 0.446 e. The van der Waals surface area contributed by atoms with E-state index in [1.54, 1.807) is 20.7 Å². The van der Waals surface area contributed by atoms with Gasteiger partial charge in [-0.15, -0.1) is 0 Å². The maximum atomic E-state index is 13.3. The number of aromatic nitrogens is 2. The van der Waals surface area contributed by atoms with Crippen molar-refractivity contribution in [2.75, 3.05) is 41.1 Å². The molecule has 1 aromatic heterocycles. The van der Waals surface area contributed by atoms with E-state index in [9.17, 15) is 18.0 Å². The number of hydrogen-bond donors (Lipinski definition) is 0. The van der Waals surface area contributed by atoms with Crippen LogP contribution in [0.15, 0.2) is 30.6 Å². The fourth-order valence-electron chi connectivity index (χ4n) is 5.35. The molecule has 194 valence electrons. The Morgan fingerprint density at radius 2 is 1.89 bits per heavy atom. The van der Waals surface area contributed by atoms with E-state index in [1.807, 2.05) is 31.3 Å². The van der Waals surface area contributed by atoms with E-state index >= 15 is 0 Å². The second-order valence-corrected chi connectivity index (χ2v) is 12.1. The van der Waals surface area contributed by atoms with Crippen molar-refractivity contribution in [1.29, 1.82) is 0 Å². The Hall–Kier alpha value is -2.92. The molecule has 11 heteroatoms. The number of sulfone groups is 1. The molecule has 0 spiro atoms. The van der Waals surface area contributed by atoms with E-state index in [0.29, 0.717) is 50.4 Å². The van der Waals surface area contributed by atoms with Crippen LogP contribution in [0, 0.1) is 0 Å². The molecule has 36 heavy (non-hydrogen) atoms. The van der Waals surface area contributed by atoms with Crippen LogP contribution in [0.2, 0.25) is 0 Å². The minimum atomic E-state index is -3.06. The van der Waals surface area contributed by atoms with Crippen LogP contribution in [0.4, 0.5) is 16.2 Å². The van der Waals surface area contributed by atoms with Crippen molar-refractivity contribution >= 4 is 33.2 Å². The van der Waals surface area contributed by atoms with Crippen LogP contribution in [0.5, 0.6) is 0 Å². The Morgan fingerprint density at radius 1 is 1.11 bits per heavy atom. The normalized spacial score (nSPS) is 24.3. The number of hydrogen-bond acceptors (Lipinski definition) is 7. The highest BCUT2D eigenvalue weighted by atomic mass is 32.2. The van der Waals surface area contributed by atoms with Crippen molar-refractivity contribution in [3.05, 3.63) is 30.6 Å². The fourth-order valence-corrected chi connectivity index (χ4v) is 7.03. The number of carbonyl (C=O) groups is 2. The molecule has 0 bridgehead atoms. The van der Waals surface area contributed by atoms with Crippen molar-refractivity contribution < 1.29 is 27.5 Å². The standard InChI is InChI=1S/C25H32N4O6S/c1-17-14-27(25(31)35-22-7-9-34-10-8-22)24-12-19(5-6-23(24)29(17)18(2)30)20-13-26-28(15-20)21-4-3-11-36(32,33)16-21/h5-6,12-13,15,17,21-22H,3-4,7-11,14,16H2,1-2H3. The van der Waals surface area contributed by atoms with E-state index in [4.69, 9.17) is 9.47 Å². The molecule has 3 aliphatic rings. The van der Waals surface area contributed by atoms with Gasteiger partial charge in [-0.2, -0.15) is 5.10 Å². The van der Waals surface area contributed by atoms with E-state index in [2.05, 4.69) is 5.10 Å². The van der Waals surface area contributed by atoms with Gasteiger partial charge in [0.15, 0.2) is 9.84 Å². The topological polar surface area (TPSA) is 111 Å². The summed E-state index contributed by atoms with van der Waals surface area (Å²) in [5.74, 6) is 0.225. The molecule has 1 aromatic carbocycles. The number of rotatable bonds is 3. The van der Waals surface area contributed by atoms with E-state index in [0.717, 1.165) is 17.5 Å². The minimum Gasteiger partial charge on any atom is -0.446 e. The van der Waals surface area contributed by atoms with Gasteiger partial charge < -0.3 is 14.4 Å². The SMILES string of the molecule is CC(=O)N1c2ccc(-c3cnn(C4CCCS(=O)(=O)C4)c3)cc2N(C(=O)OC2CCOCC2)CC1C. The van der Waals surface area contributed by atoms with E-state index < -0.39 is 15.9 Å². The average Bonchev–Trinajstić information content (AvgIpc) is 3.33. The third-order valence-corrected chi connectivity index (χ3v) is 8.96. The summed E-state index contributed by atoms with van der Waals surface area (Å²) in [5, 5.41) is 4.45. The fraction of sp³-hybridized carbons (Fsp3) is 0.560. The molecule has 2 unspecified atom stereocenters. The predicted octanol–water partition coefficient (Wildman–Crippen LogP) is 3.18. The van der Waals surface area contributed by atoms with Crippen molar-refractivity contribution in [1.82, 2.24) is 9.78 Å². The number of benzene rings is 1. The molecule has 4 heterocycles. The summed E-state index contributed by atoms with van der Waals surface area (Å²) >= 11 is 0. The van der Waals surface area contributed by atoms with Crippen LogP contribution in [-0.2, 0) is 24.1 Å². The number of ether oxygens (including phenoxy) is 2. The summed E-state index contributed by atoms with van der Waals surface area (Å²) in [6, 6.07) is 5.22. The van der Waals surface area contributed by atoms with Crippen LogP contribution in [-0.4, -0.2) is 73.6 Å². The zero-order valence-corrected chi connectivity index (χ0v) is 21.4. The lowest BCUT2D eigenvalue weighted by molar-refractivity contribution is -0.117. The van der Waals surface area contributed by atoms with Gasteiger partial charge in [-0.05, 0) is 37.5 Å². The first-order valence-electron chi connectivity index (χ1n) is 12.5. The number of anilines is 2. The minimum absolute atomic E-state index is 0.0929. The van der Waals surface area contributed by atoms with E-state index in [1.165, 1.54) is 6.92 Å². The number of carbonyl (C=O) groups excluding carboxylic acids is 2. The predicted molar refractivity (Wildman–Crippen MR) is 135 cm³/mol. The molecule has 3 aliphatic heterocycles. The van der Waals surface area contributed by atoms with Crippen LogP contribution in [0.3, 0.4) is 0 Å². The Bertz CT molecular complexity index is 1250. The van der Waals surface area contributed by atoms with Crippen LogP contribution in [0.1, 0.15) is 45.6 Å². The molecule has 0 radical (unpaired) electrons. The van der Waals surface area contributed by atoms with E-state index in [-0.39, 0.29) is 35.6 Å². The smallest absolute Gasteiger partial charge is 0.414 e. The lowest BCUT2D eigenvalue weighted by atomic mass is 10.0. The molecule has 10 nitrogen and oxygen atoms in total. The summed E-state index contributed by atoms with van der Waals surface area (Å²) in [6.45, 7) is 4.89. The van der Waals surface area contributed by atoms with Gasteiger partial charge in [-0.1, -0.05) is 6.07 Å². The summed E-state index contributed by atoms with van der Waals surface area (Å²) in [4.78, 5) is 29.0. The maximum Gasteiger partial charge on any atom is 0.414 e. The second-order valence-electron chi connectivity index (χ2n) is 9.87.